The number of benzene rings is 2. The Kier molecular flexibility index (Phi) is 6.77. The largest absolute Gasteiger partial charge is 0.492 e. The first-order valence-electron chi connectivity index (χ1n) is 9.00. The molecule has 0 aromatic heterocycles. The fraction of sp³-hybridized carbons (Fsp3) is 0.409. The average Bonchev–Trinajstić information content (AvgIpc) is 2.59. The summed E-state index contributed by atoms with van der Waals surface area (Å²) in [5.74, 6) is 0.894. The van der Waals surface area contributed by atoms with Crippen molar-refractivity contribution in [3.05, 3.63) is 53.6 Å². The first-order chi connectivity index (χ1) is 11.9. The minimum absolute atomic E-state index is 0.0308. The van der Waals surface area contributed by atoms with Crippen molar-refractivity contribution in [2.24, 2.45) is 5.92 Å². The van der Waals surface area contributed by atoms with Crippen LogP contribution in [-0.2, 0) is 0 Å². The number of hydrogen-bond acceptors (Lipinski definition) is 3. The number of carbonyl (C=O) groups is 1. The normalized spacial score (nSPS) is 11.2. The summed E-state index contributed by atoms with van der Waals surface area (Å²) >= 11 is 0. The van der Waals surface area contributed by atoms with E-state index in [1.807, 2.05) is 45.0 Å². The number of rotatable bonds is 8. The van der Waals surface area contributed by atoms with Gasteiger partial charge in [0.15, 0.2) is 5.78 Å². The van der Waals surface area contributed by atoms with Crippen molar-refractivity contribution in [2.45, 2.75) is 40.7 Å². The zero-order valence-electron chi connectivity index (χ0n) is 15.9. The highest BCUT2D eigenvalue weighted by Gasteiger charge is 2.17. The third-order valence-corrected chi connectivity index (χ3v) is 4.11. The molecule has 134 valence electrons. The summed E-state index contributed by atoms with van der Waals surface area (Å²) in [7, 11) is 0. The van der Waals surface area contributed by atoms with Crippen molar-refractivity contribution >= 4 is 5.78 Å². The smallest absolute Gasteiger partial charge is 0.165 e. The molecule has 2 aromatic rings. The molecule has 0 aliphatic heterocycles. The molecule has 0 spiro atoms. The van der Waals surface area contributed by atoms with Crippen molar-refractivity contribution < 1.29 is 9.53 Å². The molecule has 0 saturated carbocycles. The van der Waals surface area contributed by atoms with Crippen LogP contribution in [0.4, 0.5) is 0 Å². The van der Waals surface area contributed by atoms with Crippen LogP contribution in [0.3, 0.4) is 0 Å². The first kappa shape index (κ1) is 19.2. The lowest BCUT2D eigenvalue weighted by molar-refractivity contribution is 0.0938. The Balaban J connectivity index is 2.36. The van der Waals surface area contributed by atoms with Crippen molar-refractivity contribution in [1.29, 1.82) is 0 Å². The number of aryl methyl sites for hydroxylation is 1. The molecule has 1 N–H and O–H groups in total. The van der Waals surface area contributed by atoms with Crippen LogP contribution < -0.4 is 10.1 Å². The molecule has 3 heteroatoms. The Bertz CT molecular complexity index is 705. The lowest BCUT2D eigenvalue weighted by Gasteiger charge is -2.17. The lowest BCUT2D eigenvalue weighted by Crippen LogP contribution is -2.27. The highest BCUT2D eigenvalue weighted by atomic mass is 16.5. The van der Waals surface area contributed by atoms with Crippen LogP contribution >= 0.6 is 0 Å². The van der Waals surface area contributed by atoms with E-state index in [1.54, 1.807) is 0 Å². The fourth-order valence-electron chi connectivity index (χ4n) is 2.74. The van der Waals surface area contributed by atoms with Crippen LogP contribution in [0, 0.1) is 12.8 Å². The van der Waals surface area contributed by atoms with Gasteiger partial charge in [0.05, 0.1) is 0 Å². The molecule has 0 fully saturated rings. The summed E-state index contributed by atoms with van der Waals surface area (Å²) in [6, 6.07) is 14.6. The van der Waals surface area contributed by atoms with Gasteiger partial charge in [-0.25, -0.2) is 0 Å². The first-order valence-corrected chi connectivity index (χ1v) is 9.00. The number of nitrogens with one attached hydrogen (secondary N) is 1. The zero-order valence-corrected chi connectivity index (χ0v) is 15.9. The molecule has 2 rings (SSSR count). The van der Waals surface area contributed by atoms with Gasteiger partial charge in [0.25, 0.3) is 0 Å². The SMILES string of the molecule is Cc1cc(-c2ccccc2)c(OCCNC(C)C)cc1C(=O)C(C)C. The second-order valence-electron chi connectivity index (χ2n) is 7.01. The highest BCUT2D eigenvalue weighted by molar-refractivity contribution is 6.00. The Morgan fingerprint density at radius 2 is 1.76 bits per heavy atom. The van der Waals surface area contributed by atoms with E-state index in [0.717, 1.165) is 34.5 Å². The number of carbonyl (C=O) groups excluding carboxylic acids is 1. The van der Waals surface area contributed by atoms with Gasteiger partial charge in [0.1, 0.15) is 12.4 Å². The highest BCUT2D eigenvalue weighted by Crippen LogP contribution is 2.33. The molecule has 0 radical (unpaired) electrons. The molecule has 2 aromatic carbocycles. The zero-order chi connectivity index (χ0) is 18.4. The van der Waals surface area contributed by atoms with E-state index in [9.17, 15) is 4.79 Å². The van der Waals surface area contributed by atoms with E-state index in [-0.39, 0.29) is 11.7 Å². The van der Waals surface area contributed by atoms with Gasteiger partial charge in [0.2, 0.25) is 0 Å². The predicted molar refractivity (Wildman–Crippen MR) is 104 cm³/mol. The van der Waals surface area contributed by atoms with Gasteiger partial charge in [-0.1, -0.05) is 58.0 Å². The maximum absolute atomic E-state index is 12.5. The molecule has 0 atom stereocenters. The molecule has 0 amide bonds. The minimum Gasteiger partial charge on any atom is -0.492 e. The lowest BCUT2D eigenvalue weighted by atomic mass is 9.93. The van der Waals surface area contributed by atoms with Gasteiger partial charge in [-0.05, 0) is 30.2 Å². The third-order valence-electron chi connectivity index (χ3n) is 4.11. The molecule has 0 bridgehead atoms. The van der Waals surface area contributed by atoms with Crippen LogP contribution in [0.2, 0.25) is 0 Å². The minimum atomic E-state index is -0.0308. The van der Waals surface area contributed by atoms with Gasteiger partial charge in [-0.3, -0.25) is 4.79 Å². The molecule has 0 heterocycles. The van der Waals surface area contributed by atoms with Gasteiger partial charge < -0.3 is 10.1 Å². The molecule has 25 heavy (non-hydrogen) atoms. The summed E-state index contributed by atoms with van der Waals surface area (Å²) in [5, 5.41) is 3.35. The van der Waals surface area contributed by atoms with Gasteiger partial charge >= 0.3 is 0 Å². The average molecular weight is 339 g/mol. The maximum Gasteiger partial charge on any atom is 0.165 e. The molecule has 0 aliphatic rings. The summed E-state index contributed by atoms with van der Waals surface area (Å²) in [4.78, 5) is 12.5. The van der Waals surface area contributed by atoms with Crippen LogP contribution in [0.15, 0.2) is 42.5 Å². The van der Waals surface area contributed by atoms with E-state index in [0.29, 0.717) is 12.6 Å². The van der Waals surface area contributed by atoms with Crippen LogP contribution in [0.5, 0.6) is 5.75 Å². The maximum atomic E-state index is 12.5. The number of ether oxygens (including phenoxy) is 1. The fourth-order valence-corrected chi connectivity index (χ4v) is 2.74. The summed E-state index contributed by atoms with van der Waals surface area (Å²) in [6.07, 6.45) is 0. The van der Waals surface area contributed by atoms with Gasteiger partial charge in [-0.2, -0.15) is 0 Å². The van der Waals surface area contributed by atoms with Crippen molar-refractivity contribution in [1.82, 2.24) is 5.32 Å². The van der Waals surface area contributed by atoms with E-state index in [1.165, 1.54) is 0 Å². The van der Waals surface area contributed by atoms with E-state index in [2.05, 4.69) is 37.4 Å². The summed E-state index contributed by atoms with van der Waals surface area (Å²) in [5.41, 5.74) is 3.87. The Morgan fingerprint density at radius 3 is 2.36 bits per heavy atom. The van der Waals surface area contributed by atoms with Gasteiger partial charge in [0, 0.05) is 29.6 Å². The second-order valence-corrected chi connectivity index (χ2v) is 7.01. The molecule has 0 saturated heterocycles. The van der Waals surface area contributed by atoms with Crippen molar-refractivity contribution in [2.75, 3.05) is 13.2 Å². The Labute approximate surface area is 151 Å². The standard InChI is InChI=1S/C22H29NO2/c1-15(2)22(24)19-14-21(25-12-11-23-16(3)4)20(13-17(19)5)18-9-7-6-8-10-18/h6-10,13-16,23H,11-12H2,1-5H3. The Morgan fingerprint density at radius 1 is 1.08 bits per heavy atom. The van der Waals surface area contributed by atoms with E-state index in [4.69, 9.17) is 4.74 Å². The third kappa shape index (κ3) is 5.17. The van der Waals surface area contributed by atoms with Crippen LogP contribution in [-0.4, -0.2) is 25.0 Å². The quantitative estimate of drug-likeness (QED) is 0.550. The van der Waals surface area contributed by atoms with Crippen molar-refractivity contribution in [3.8, 4) is 16.9 Å². The van der Waals surface area contributed by atoms with E-state index >= 15 is 0 Å². The molecule has 0 aliphatic carbocycles. The number of Topliss-reactive ketones (excluding diaryl/α,β-unsaturated/α-hetero) is 1. The van der Waals surface area contributed by atoms with Crippen molar-refractivity contribution in [3.63, 3.8) is 0 Å². The van der Waals surface area contributed by atoms with Crippen LogP contribution in [0.1, 0.15) is 43.6 Å². The predicted octanol–water partition coefficient (Wildman–Crippen LogP) is 4.88. The molecular weight excluding hydrogens is 310 g/mol. The molecule has 3 nitrogen and oxygen atoms in total. The summed E-state index contributed by atoms with van der Waals surface area (Å²) in [6.45, 7) is 11.4. The molecular formula is C22H29NO2. The van der Waals surface area contributed by atoms with Gasteiger partial charge in [-0.15, -0.1) is 0 Å². The summed E-state index contributed by atoms with van der Waals surface area (Å²) < 4.78 is 6.05. The topological polar surface area (TPSA) is 38.3 Å². The van der Waals surface area contributed by atoms with Crippen LogP contribution in [0.25, 0.3) is 11.1 Å². The number of hydrogen-bond donors (Lipinski definition) is 1. The molecule has 0 unspecified atom stereocenters. The Hall–Kier alpha value is -2.13. The number of ketones is 1. The van der Waals surface area contributed by atoms with E-state index < -0.39 is 0 Å². The second kappa shape index (κ2) is 8.82. The monoisotopic (exact) mass is 339 g/mol.